The molecule has 8 heteroatoms. The van der Waals surface area contributed by atoms with E-state index in [-0.39, 0.29) is 29.7 Å². The number of sulfonamides is 1. The number of rotatable bonds is 7. The summed E-state index contributed by atoms with van der Waals surface area (Å²) in [4.78, 5) is 12.3. The van der Waals surface area contributed by atoms with Crippen LogP contribution in [0.3, 0.4) is 0 Å². The summed E-state index contributed by atoms with van der Waals surface area (Å²) in [5, 5.41) is 9.08. The van der Waals surface area contributed by atoms with E-state index >= 15 is 0 Å². The smallest absolute Gasteiger partial charge is 0.338 e. The van der Waals surface area contributed by atoms with Gasteiger partial charge in [0.2, 0.25) is 10.0 Å². The molecule has 7 nitrogen and oxygen atoms in total. The fourth-order valence-electron chi connectivity index (χ4n) is 2.86. The van der Waals surface area contributed by atoms with Gasteiger partial charge >= 0.3 is 5.97 Å². The van der Waals surface area contributed by atoms with Gasteiger partial charge in [-0.3, -0.25) is 0 Å². The normalized spacial score (nSPS) is 16.5. The number of carbonyl (C=O) groups excluding carboxylic acids is 1. The Kier molecular flexibility index (Phi) is 6.41. The van der Waals surface area contributed by atoms with Gasteiger partial charge in [0, 0.05) is 18.7 Å². The summed E-state index contributed by atoms with van der Waals surface area (Å²) >= 11 is 0. The summed E-state index contributed by atoms with van der Waals surface area (Å²) in [6, 6.07) is 14.5. The van der Waals surface area contributed by atoms with Gasteiger partial charge in [-0.25, -0.2) is 17.9 Å². The van der Waals surface area contributed by atoms with E-state index in [1.54, 1.807) is 24.3 Å². The van der Waals surface area contributed by atoms with Crippen molar-refractivity contribution in [2.24, 2.45) is 0 Å². The number of benzene rings is 2. The first-order valence-electron chi connectivity index (χ1n) is 8.86. The van der Waals surface area contributed by atoms with Crippen LogP contribution in [0.2, 0.25) is 0 Å². The fourth-order valence-corrected chi connectivity index (χ4v) is 3.98. The molecule has 0 saturated carbocycles. The number of nitrogens with one attached hydrogen (secondary N) is 1. The minimum absolute atomic E-state index is 0.0163. The van der Waals surface area contributed by atoms with Gasteiger partial charge in [-0.05, 0) is 37.1 Å². The molecular weight excluding hydrogens is 380 g/mol. The number of nitriles is 1. The molecule has 1 N–H and O–H groups in total. The summed E-state index contributed by atoms with van der Waals surface area (Å²) in [5.74, 6) is -0.663. The zero-order valence-corrected chi connectivity index (χ0v) is 15.9. The quantitative estimate of drug-likeness (QED) is 0.716. The summed E-state index contributed by atoms with van der Waals surface area (Å²) in [7, 11) is -3.76. The van der Waals surface area contributed by atoms with Crippen molar-refractivity contribution in [2.75, 3.05) is 13.2 Å². The fraction of sp³-hybridized carbons (Fsp3) is 0.300. The van der Waals surface area contributed by atoms with Crippen molar-refractivity contribution in [3.8, 4) is 6.07 Å². The highest BCUT2D eigenvalue weighted by Crippen LogP contribution is 2.16. The van der Waals surface area contributed by atoms with Gasteiger partial charge in [0.25, 0.3) is 0 Å². The van der Waals surface area contributed by atoms with E-state index in [0.717, 1.165) is 12.8 Å². The van der Waals surface area contributed by atoms with Crippen LogP contribution in [0.4, 0.5) is 0 Å². The molecule has 1 aliphatic rings. The van der Waals surface area contributed by atoms with Gasteiger partial charge in [-0.15, -0.1) is 0 Å². The first-order chi connectivity index (χ1) is 13.5. The Labute approximate surface area is 163 Å². The molecule has 0 bridgehead atoms. The highest BCUT2D eigenvalue weighted by atomic mass is 32.2. The van der Waals surface area contributed by atoms with Crippen molar-refractivity contribution in [3.63, 3.8) is 0 Å². The van der Waals surface area contributed by atoms with Crippen LogP contribution in [0, 0.1) is 11.3 Å². The Balaban J connectivity index is 1.66. The molecule has 146 valence electrons. The maximum Gasteiger partial charge on any atom is 0.338 e. The van der Waals surface area contributed by atoms with E-state index in [4.69, 9.17) is 14.7 Å². The van der Waals surface area contributed by atoms with Crippen molar-refractivity contribution >= 4 is 16.0 Å². The van der Waals surface area contributed by atoms with Crippen molar-refractivity contribution in [1.82, 2.24) is 4.72 Å². The number of carbonyl (C=O) groups is 1. The molecule has 1 atom stereocenters. The zero-order valence-electron chi connectivity index (χ0n) is 15.1. The number of nitrogens with zero attached hydrogens (tertiary/aromatic N) is 1. The number of esters is 1. The maximum absolute atomic E-state index is 12.5. The van der Waals surface area contributed by atoms with Crippen LogP contribution in [0.25, 0.3) is 0 Å². The summed E-state index contributed by atoms with van der Waals surface area (Å²) in [6.07, 6.45) is 1.62. The Bertz CT molecular complexity index is 992. The zero-order chi connectivity index (χ0) is 20.0. The van der Waals surface area contributed by atoms with Crippen LogP contribution in [-0.2, 0) is 26.1 Å². The second kappa shape index (κ2) is 8.97. The molecule has 0 unspecified atom stereocenters. The average Bonchev–Trinajstić information content (AvgIpc) is 3.24. The van der Waals surface area contributed by atoms with E-state index < -0.39 is 16.0 Å². The van der Waals surface area contributed by atoms with Gasteiger partial charge in [0.15, 0.2) is 0 Å². The monoisotopic (exact) mass is 400 g/mol. The predicted molar refractivity (Wildman–Crippen MR) is 101 cm³/mol. The molecule has 1 fully saturated rings. The molecular formula is C20H20N2O5S. The van der Waals surface area contributed by atoms with Crippen LogP contribution in [-0.4, -0.2) is 33.6 Å². The third kappa shape index (κ3) is 4.95. The molecule has 0 radical (unpaired) electrons. The lowest BCUT2D eigenvalue weighted by molar-refractivity contribution is 0.0472. The Morgan fingerprint density at radius 1 is 1.25 bits per heavy atom. The van der Waals surface area contributed by atoms with E-state index in [9.17, 15) is 13.2 Å². The first kappa shape index (κ1) is 20.0. The van der Waals surface area contributed by atoms with Crippen LogP contribution in [0.5, 0.6) is 0 Å². The number of ether oxygens (including phenoxy) is 2. The van der Waals surface area contributed by atoms with Gasteiger partial charge in [-0.1, -0.05) is 24.3 Å². The SMILES string of the molecule is N#Cc1ccccc1COC(=O)c1cccc(S(=O)(=O)NC[C@@H]2CCCO2)c1. The Hall–Kier alpha value is -2.73. The predicted octanol–water partition coefficient (Wildman–Crippen LogP) is 2.37. The molecule has 3 rings (SSSR count). The third-order valence-electron chi connectivity index (χ3n) is 4.40. The molecule has 0 spiro atoms. The molecule has 1 heterocycles. The minimum atomic E-state index is -3.76. The Morgan fingerprint density at radius 3 is 2.82 bits per heavy atom. The highest BCUT2D eigenvalue weighted by molar-refractivity contribution is 7.89. The molecule has 0 amide bonds. The lowest BCUT2D eigenvalue weighted by Crippen LogP contribution is -2.31. The third-order valence-corrected chi connectivity index (χ3v) is 5.82. The summed E-state index contributed by atoms with van der Waals surface area (Å²) in [6.45, 7) is 0.765. The topological polar surface area (TPSA) is 105 Å². The van der Waals surface area contributed by atoms with Crippen molar-refractivity contribution in [3.05, 3.63) is 65.2 Å². The van der Waals surface area contributed by atoms with Crippen LogP contribution < -0.4 is 4.72 Å². The van der Waals surface area contributed by atoms with Gasteiger partial charge in [0.05, 0.1) is 28.2 Å². The van der Waals surface area contributed by atoms with Crippen LogP contribution >= 0.6 is 0 Å². The second-order valence-electron chi connectivity index (χ2n) is 6.36. The largest absolute Gasteiger partial charge is 0.457 e. The number of hydrogen-bond acceptors (Lipinski definition) is 6. The molecule has 2 aromatic rings. The Morgan fingerprint density at radius 2 is 2.07 bits per heavy atom. The molecule has 1 aliphatic heterocycles. The lowest BCUT2D eigenvalue weighted by Gasteiger charge is -2.12. The van der Waals surface area contributed by atoms with E-state index in [0.29, 0.717) is 17.7 Å². The minimum Gasteiger partial charge on any atom is -0.457 e. The average molecular weight is 400 g/mol. The summed E-state index contributed by atoms with van der Waals surface area (Å²) < 4.78 is 38.1. The molecule has 28 heavy (non-hydrogen) atoms. The lowest BCUT2D eigenvalue weighted by atomic mass is 10.1. The standard InChI is InChI=1S/C20H20N2O5S/c21-12-16-5-1-2-6-17(16)14-27-20(23)15-7-3-9-19(11-15)28(24,25)22-13-18-8-4-10-26-18/h1-3,5-7,9,11,18,22H,4,8,10,13-14H2/t18-/m0/s1. The van der Waals surface area contributed by atoms with Crippen molar-refractivity contribution < 1.29 is 22.7 Å². The first-order valence-corrected chi connectivity index (χ1v) is 10.3. The van der Waals surface area contributed by atoms with Crippen LogP contribution in [0.15, 0.2) is 53.4 Å². The number of hydrogen-bond donors (Lipinski definition) is 1. The molecule has 2 aromatic carbocycles. The van der Waals surface area contributed by atoms with E-state index in [1.807, 2.05) is 6.07 Å². The molecule has 0 aromatic heterocycles. The van der Waals surface area contributed by atoms with Gasteiger partial charge in [-0.2, -0.15) is 5.26 Å². The van der Waals surface area contributed by atoms with Gasteiger partial charge < -0.3 is 9.47 Å². The van der Waals surface area contributed by atoms with Crippen molar-refractivity contribution in [1.29, 1.82) is 5.26 Å². The van der Waals surface area contributed by atoms with Crippen LogP contribution in [0.1, 0.15) is 34.3 Å². The molecule has 1 saturated heterocycles. The second-order valence-corrected chi connectivity index (χ2v) is 8.13. The van der Waals surface area contributed by atoms with Crippen molar-refractivity contribution in [2.45, 2.75) is 30.4 Å². The maximum atomic E-state index is 12.5. The van der Waals surface area contributed by atoms with E-state index in [1.165, 1.54) is 24.3 Å². The highest BCUT2D eigenvalue weighted by Gasteiger charge is 2.21. The van der Waals surface area contributed by atoms with Gasteiger partial charge in [0.1, 0.15) is 6.61 Å². The summed E-state index contributed by atoms with van der Waals surface area (Å²) in [5.41, 5.74) is 1.12. The molecule has 0 aliphatic carbocycles. The van der Waals surface area contributed by atoms with E-state index in [2.05, 4.69) is 4.72 Å².